The number of carbonyl (C=O) groups excluding carboxylic acids is 1. The van der Waals surface area contributed by atoms with Crippen molar-refractivity contribution in [2.75, 3.05) is 6.54 Å². The van der Waals surface area contributed by atoms with Crippen LogP contribution >= 0.6 is 0 Å². The molecule has 1 aromatic carbocycles. The van der Waals surface area contributed by atoms with E-state index in [-0.39, 0.29) is 11.3 Å². The predicted molar refractivity (Wildman–Crippen MR) is 107 cm³/mol. The van der Waals surface area contributed by atoms with E-state index in [1.54, 1.807) is 5.01 Å². The monoisotopic (exact) mass is 438 g/mol. The summed E-state index contributed by atoms with van der Waals surface area (Å²) in [5.41, 5.74) is 2.14. The van der Waals surface area contributed by atoms with Crippen molar-refractivity contribution in [1.82, 2.24) is 5.01 Å². The van der Waals surface area contributed by atoms with Gasteiger partial charge < -0.3 is 0 Å². The molecule has 1 aromatic rings. The summed E-state index contributed by atoms with van der Waals surface area (Å²) in [4.78, 5) is 19.6. The van der Waals surface area contributed by atoms with Crippen molar-refractivity contribution in [3.63, 3.8) is 0 Å². The van der Waals surface area contributed by atoms with Gasteiger partial charge >= 0.3 is 153 Å². The Kier molecular flexibility index (Phi) is 7.97. The van der Waals surface area contributed by atoms with Crippen LogP contribution in [0.25, 0.3) is 0 Å². The molecule has 0 N–H and O–H groups in total. The Bertz CT molecular complexity index is 559. The molecule has 0 heterocycles. The number of amides is 1. The Balaban J connectivity index is 3.15. The summed E-state index contributed by atoms with van der Waals surface area (Å²) >= 11 is -2.17. The van der Waals surface area contributed by atoms with Gasteiger partial charge in [-0.3, -0.25) is 0 Å². The van der Waals surface area contributed by atoms with Crippen LogP contribution in [-0.4, -0.2) is 41.5 Å². The van der Waals surface area contributed by atoms with E-state index >= 15 is 0 Å². The van der Waals surface area contributed by atoms with E-state index in [4.69, 9.17) is 5.10 Å². The third-order valence-electron chi connectivity index (χ3n) is 4.20. The summed E-state index contributed by atoms with van der Waals surface area (Å²) in [7, 11) is 0. The number of nitrogens with zero attached hydrogens (tertiary/aromatic N) is 2. The first-order valence-electron chi connectivity index (χ1n) is 9.05. The van der Waals surface area contributed by atoms with Gasteiger partial charge in [0.2, 0.25) is 0 Å². The molecule has 0 radical (unpaired) electrons. The first kappa shape index (κ1) is 21.2. The van der Waals surface area contributed by atoms with Crippen molar-refractivity contribution >= 4 is 30.0 Å². The second kappa shape index (κ2) is 9.02. The van der Waals surface area contributed by atoms with E-state index in [1.807, 2.05) is 6.07 Å². The van der Waals surface area contributed by atoms with Gasteiger partial charge in [0.05, 0.1) is 0 Å². The van der Waals surface area contributed by atoms with E-state index in [0.717, 1.165) is 23.0 Å². The van der Waals surface area contributed by atoms with Gasteiger partial charge in [-0.25, -0.2) is 0 Å². The van der Waals surface area contributed by atoms with E-state index in [0.29, 0.717) is 6.54 Å². The van der Waals surface area contributed by atoms with Crippen LogP contribution in [0.1, 0.15) is 46.1 Å². The van der Waals surface area contributed by atoms with Gasteiger partial charge in [-0.15, -0.1) is 0 Å². The molecule has 0 spiro atoms. The number of hydrogen-bond donors (Lipinski definition) is 0. The molecular formula is C20H34N2OSn. The molecule has 1 rings (SSSR count). The zero-order chi connectivity index (χ0) is 18.4. The molecule has 0 fully saturated rings. The summed E-state index contributed by atoms with van der Waals surface area (Å²) in [6.45, 7) is 9.32. The van der Waals surface area contributed by atoms with Gasteiger partial charge in [0, 0.05) is 0 Å². The van der Waals surface area contributed by atoms with Gasteiger partial charge in [0.15, 0.2) is 0 Å². The number of hydrogen-bond acceptors (Lipinski definition) is 2. The molecule has 0 saturated heterocycles. The van der Waals surface area contributed by atoms with Crippen LogP contribution in [0.4, 0.5) is 0 Å². The minimum atomic E-state index is -2.17. The molecule has 0 aliphatic rings. The zero-order valence-electron chi connectivity index (χ0n) is 16.5. The van der Waals surface area contributed by atoms with E-state index in [2.05, 4.69) is 66.8 Å². The Morgan fingerprint density at radius 2 is 1.71 bits per heavy atom. The van der Waals surface area contributed by atoms with Crippen LogP contribution in [0.2, 0.25) is 19.3 Å². The van der Waals surface area contributed by atoms with Gasteiger partial charge in [0.1, 0.15) is 0 Å². The molecule has 0 unspecified atom stereocenters. The Hall–Kier alpha value is -0.841. The number of carbonyl (C=O) groups is 1. The molecule has 0 atom stereocenters. The summed E-state index contributed by atoms with van der Waals surface area (Å²) in [6.07, 6.45) is 1.77. The molecule has 1 amide bonds. The molecule has 0 saturated carbocycles. The fraction of sp³-hybridized carbons (Fsp3) is 0.600. The van der Waals surface area contributed by atoms with Crippen LogP contribution < -0.4 is 0 Å². The normalized spacial score (nSPS) is 13.0. The molecule has 0 aliphatic carbocycles. The average Bonchev–Trinajstić information content (AvgIpc) is 2.50. The second-order valence-corrected chi connectivity index (χ2v) is 23.8. The summed E-state index contributed by atoms with van der Waals surface area (Å²) in [6, 6.07) is 10.4. The van der Waals surface area contributed by atoms with Crippen LogP contribution in [-0.2, 0) is 10.2 Å². The van der Waals surface area contributed by atoms with E-state index in [1.165, 1.54) is 5.56 Å². The molecule has 4 heteroatoms. The Morgan fingerprint density at radius 1 is 1.12 bits per heavy atom. The SMILES string of the molecule is CCCN(N=C(CC)C(C)(C)c1ccccc1)C(=O)[CH2][Sn]([CH3])([CH3])[CH3]. The van der Waals surface area contributed by atoms with Crippen molar-refractivity contribution in [1.29, 1.82) is 0 Å². The maximum absolute atomic E-state index is 12.7. The molecule has 24 heavy (non-hydrogen) atoms. The molecule has 3 nitrogen and oxygen atoms in total. The van der Waals surface area contributed by atoms with Gasteiger partial charge in [-0.2, -0.15) is 0 Å². The Morgan fingerprint density at radius 3 is 2.17 bits per heavy atom. The summed E-state index contributed by atoms with van der Waals surface area (Å²) in [5.74, 6) is 0.204. The quantitative estimate of drug-likeness (QED) is 0.309. The molecular weight excluding hydrogens is 403 g/mol. The Labute approximate surface area is 152 Å². The van der Waals surface area contributed by atoms with Crippen molar-refractivity contribution in [3.8, 4) is 0 Å². The third kappa shape index (κ3) is 6.23. The molecule has 0 aliphatic heterocycles. The van der Waals surface area contributed by atoms with Crippen molar-refractivity contribution in [2.45, 2.75) is 65.2 Å². The molecule has 134 valence electrons. The standard InChI is InChI=1S/C17H25N2O.3CH3.Sn/c1-6-13-19(14(3)20)18-16(7-2)17(4,5)15-11-9-8-10-12-15;;;;/h8-12H,3,6-7,13H2,1-2,4-5H3;3*1H3;. The van der Waals surface area contributed by atoms with E-state index < -0.39 is 18.4 Å². The minimum absolute atomic E-state index is 0.173. The van der Waals surface area contributed by atoms with Gasteiger partial charge in [-0.05, 0) is 0 Å². The van der Waals surface area contributed by atoms with Crippen LogP contribution in [0.3, 0.4) is 0 Å². The van der Waals surface area contributed by atoms with Gasteiger partial charge in [0.25, 0.3) is 0 Å². The maximum atomic E-state index is 12.7. The number of benzene rings is 1. The number of rotatable bonds is 8. The molecule has 0 aromatic heterocycles. The van der Waals surface area contributed by atoms with Crippen LogP contribution in [0, 0.1) is 0 Å². The fourth-order valence-electron chi connectivity index (χ4n) is 2.79. The fourth-order valence-corrected chi connectivity index (χ4v) is 5.90. The second-order valence-electron chi connectivity index (χ2n) is 8.15. The van der Waals surface area contributed by atoms with Crippen molar-refractivity contribution < 1.29 is 4.79 Å². The summed E-state index contributed by atoms with van der Waals surface area (Å²) in [5, 5.41) is 6.59. The average molecular weight is 437 g/mol. The molecule has 0 bridgehead atoms. The zero-order valence-corrected chi connectivity index (χ0v) is 19.4. The van der Waals surface area contributed by atoms with Crippen LogP contribution in [0.15, 0.2) is 35.4 Å². The van der Waals surface area contributed by atoms with Crippen molar-refractivity contribution in [3.05, 3.63) is 35.9 Å². The van der Waals surface area contributed by atoms with E-state index in [9.17, 15) is 4.79 Å². The number of hydrazone groups is 1. The van der Waals surface area contributed by atoms with Crippen molar-refractivity contribution in [2.24, 2.45) is 5.10 Å². The third-order valence-corrected chi connectivity index (χ3v) is 8.09. The first-order valence-corrected chi connectivity index (χ1v) is 19.6. The first-order chi connectivity index (χ1) is 11.1. The van der Waals surface area contributed by atoms with Gasteiger partial charge in [-0.1, -0.05) is 0 Å². The van der Waals surface area contributed by atoms with Crippen LogP contribution in [0.5, 0.6) is 0 Å². The summed E-state index contributed by atoms with van der Waals surface area (Å²) < 4.78 is 0.723. The predicted octanol–water partition coefficient (Wildman–Crippen LogP) is 5.31. The topological polar surface area (TPSA) is 32.7 Å².